The first-order chi connectivity index (χ1) is 7.00. The molecule has 0 bridgehead atoms. The minimum absolute atomic E-state index is 0.412. The summed E-state index contributed by atoms with van der Waals surface area (Å²) in [4.78, 5) is 4.82. The Labute approximate surface area is 93.1 Å². The van der Waals surface area contributed by atoms with E-state index in [4.69, 9.17) is 0 Å². The SMILES string of the molecule is CN(C)C1CCN([C@H]2CC[C@]2(C)O)CC1. The van der Waals surface area contributed by atoms with Gasteiger partial charge in [0.2, 0.25) is 0 Å². The average Bonchev–Trinajstić information content (AvgIpc) is 2.17. The van der Waals surface area contributed by atoms with Crippen LogP contribution in [0.3, 0.4) is 0 Å². The molecule has 3 heteroatoms. The summed E-state index contributed by atoms with van der Waals surface area (Å²) in [6.45, 7) is 4.30. The van der Waals surface area contributed by atoms with E-state index in [0.717, 1.165) is 25.6 Å². The van der Waals surface area contributed by atoms with Gasteiger partial charge in [-0.15, -0.1) is 0 Å². The van der Waals surface area contributed by atoms with Gasteiger partial charge in [0.15, 0.2) is 0 Å². The van der Waals surface area contributed by atoms with Crippen LogP contribution in [0.1, 0.15) is 32.6 Å². The molecule has 1 heterocycles. The molecule has 2 fully saturated rings. The molecule has 15 heavy (non-hydrogen) atoms. The molecule has 1 saturated carbocycles. The Bertz CT molecular complexity index is 220. The minimum atomic E-state index is -0.412. The normalized spacial score (nSPS) is 39.4. The van der Waals surface area contributed by atoms with Crippen LogP contribution in [0.2, 0.25) is 0 Å². The highest BCUT2D eigenvalue weighted by Gasteiger charge is 2.45. The average molecular weight is 212 g/mol. The Hall–Kier alpha value is -0.120. The third kappa shape index (κ3) is 2.19. The molecule has 3 nitrogen and oxygen atoms in total. The fourth-order valence-corrected chi connectivity index (χ4v) is 2.98. The standard InChI is InChI=1S/C12H24N2O/c1-12(15)7-4-11(12)14-8-5-10(6-9-14)13(2)3/h10-11,15H,4-9H2,1-3H3/t11-,12-/m0/s1. The number of rotatable bonds is 2. The third-order valence-corrected chi connectivity index (χ3v) is 4.31. The van der Waals surface area contributed by atoms with E-state index in [2.05, 4.69) is 23.9 Å². The van der Waals surface area contributed by atoms with Crippen molar-refractivity contribution in [2.45, 2.75) is 50.3 Å². The Kier molecular flexibility index (Phi) is 3.06. The molecule has 88 valence electrons. The zero-order chi connectivity index (χ0) is 11.1. The molecule has 0 radical (unpaired) electrons. The van der Waals surface area contributed by atoms with Gasteiger partial charge in [0.05, 0.1) is 5.60 Å². The zero-order valence-corrected chi connectivity index (χ0v) is 10.2. The fraction of sp³-hybridized carbons (Fsp3) is 1.00. The second-order valence-corrected chi connectivity index (χ2v) is 5.64. The molecule has 1 aliphatic carbocycles. The number of hydrogen-bond acceptors (Lipinski definition) is 3. The van der Waals surface area contributed by atoms with E-state index >= 15 is 0 Å². The number of piperidine rings is 1. The number of likely N-dealkylation sites (tertiary alicyclic amines) is 1. The highest BCUT2D eigenvalue weighted by Crippen LogP contribution is 2.37. The molecular formula is C12H24N2O. The van der Waals surface area contributed by atoms with Gasteiger partial charge in [-0.05, 0) is 46.7 Å². The van der Waals surface area contributed by atoms with E-state index in [1.165, 1.54) is 19.3 Å². The number of nitrogens with zero attached hydrogens (tertiary/aromatic N) is 2. The van der Waals surface area contributed by atoms with E-state index in [0.29, 0.717) is 6.04 Å². The van der Waals surface area contributed by atoms with Crippen molar-refractivity contribution in [1.29, 1.82) is 0 Å². The molecule has 0 amide bonds. The maximum Gasteiger partial charge on any atom is 0.0774 e. The first-order valence-corrected chi connectivity index (χ1v) is 6.13. The molecule has 2 rings (SSSR count). The summed E-state index contributed by atoms with van der Waals surface area (Å²) in [6.07, 6.45) is 4.66. The second-order valence-electron chi connectivity index (χ2n) is 5.64. The molecule has 0 unspecified atom stereocenters. The highest BCUT2D eigenvalue weighted by molar-refractivity contribution is 5.00. The minimum Gasteiger partial charge on any atom is -0.389 e. The largest absolute Gasteiger partial charge is 0.389 e. The van der Waals surface area contributed by atoms with E-state index in [1.807, 2.05) is 6.92 Å². The van der Waals surface area contributed by atoms with E-state index < -0.39 is 5.60 Å². The molecule has 1 aliphatic heterocycles. The summed E-state index contributed by atoms with van der Waals surface area (Å²) in [6, 6.07) is 1.17. The molecule has 0 aromatic rings. The monoisotopic (exact) mass is 212 g/mol. The molecule has 1 N–H and O–H groups in total. The predicted octanol–water partition coefficient (Wildman–Crippen LogP) is 0.926. The summed E-state index contributed by atoms with van der Waals surface area (Å²) < 4.78 is 0. The Morgan fingerprint density at radius 3 is 2.13 bits per heavy atom. The van der Waals surface area contributed by atoms with E-state index in [-0.39, 0.29) is 0 Å². The second kappa shape index (κ2) is 4.04. The first-order valence-electron chi connectivity index (χ1n) is 6.13. The summed E-state index contributed by atoms with van der Waals surface area (Å²) in [5.74, 6) is 0. The maximum atomic E-state index is 10.0. The summed E-state index contributed by atoms with van der Waals surface area (Å²) in [7, 11) is 4.33. The van der Waals surface area contributed by atoms with Crippen LogP contribution in [0.15, 0.2) is 0 Å². The Balaban J connectivity index is 1.84. The molecule has 0 aromatic carbocycles. The van der Waals surface area contributed by atoms with Gasteiger partial charge < -0.3 is 10.0 Å². The molecule has 2 atom stereocenters. The van der Waals surface area contributed by atoms with Gasteiger partial charge in [-0.3, -0.25) is 4.90 Å². The van der Waals surface area contributed by atoms with Crippen molar-refractivity contribution < 1.29 is 5.11 Å². The first kappa shape index (κ1) is 11.4. The van der Waals surface area contributed by atoms with Crippen LogP contribution in [-0.4, -0.2) is 59.8 Å². The van der Waals surface area contributed by atoms with E-state index in [1.54, 1.807) is 0 Å². The van der Waals surface area contributed by atoms with Crippen molar-refractivity contribution >= 4 is 0 Å². The van der Waals surface area contributed by atoms with Gasteiger partial charge in [-0.1, -0.05) is 0 Å². The predicted molar refractivity (Wildman–Crippen MR) is 61.9 cm³/mol. The van der Waals surface area contributed by atoms with Gasteiger partial charge >= 0.3 is 0 Å². The van der Waals surface area contributed by atoms with Crippen LogP contribution < -0.4 is 0 Å². The lowest BCUT2D eigenvalue weighted by atomic mass is 9.74. The molecular weight excluding hydrogens is 188 g/mol. The molecule has 2 aliphatic rings. The number of hydrogen-bond donors (Lipinski definition) is 1. The lowest BCUT2D eigenvalue weighted by Gasteiger charge is -2.51. The van der Waals surface area contributed by atoms with Crippen molar-refractivity contribution in [3.05, 3.63) is 0 Å². The quantitative estimate of drug-likeness (QED) is 0.737. The fourth-order valence-electron chi connectivity index (χ4n) is 2.98. The van der Waals surface area contributed by atoms with Crippen molar-refractivity contribution in [2.24, 2.45) is 0 Å². The van der Waals surface area contributed by atoms with Crippen LogP contribution in [0.5, 0.6) is 0 Å². The van der Waals surface area contributed by atoms with Crippen molar-refractivity contribution in [3.8, 4) is 0 Å². The summed E-state index contributed by atoms with van der Waals surface area (Å²) in [5.41, 5.74) is -0.412. The highest BCUT2D eigenvalue weighted by atomic mass is 16.3. The molecule has 0 spiro atoms. The summed E-state index contributed by atoms with van der Waals surface area (Å²) in [5, 5.41) is 10.0. The van der Waals surface area contributed by atoms with Gasteiger partial charge in [0.25, 0.3) is 0 Å². The smallest absolute Gasteiger partial charge is 0.0774 e. The molecule has 0 aromatic heterocycles. The lowest BCUT2D eigenvalue weighted by Crippen LogP contribution is -2.60. The lowest BCUT2D eigenvalue weighted by molar-refractivity contribution is -0.110. The Morgan fingerprint density at radius 2 is 1.80 bits per heavy atom. The van der Waals surface area contributed by atoms with Crippen molar-refractivity contribution in [3.63, 3.8) is 0 Å². The van der Waals surface area contributed by atoms with Crippen molar-refractivity contribution in [2.75, 3.05) is 27.2 Å². The van der Waals surface area contributed by atoms with Crippen LogP contribution in [-0.2, 0) is 0 Å². The van der Waals surface area contributed by atoms with Gasteiger partial charge in [-0.25, -0.2) is 0 Å². The topological polar surface area (TPSA) is 26.7 Å². The Morgan fingerprint density at radius 1 is 1.20 bits per heavy atom. The van der Waals surface area contributed by atoms with Gasteiger partial charge in [-0.2, -0.15) is 0 Å². The summed E-state index contributed by atoms with van der Waals surface area (Å²) >= 11 is 0. The van der Waals surface area contributed by atoms with Crippen LogP contribution in [0.25, 0.3) is 0 Å². The van der Waals surface area contributed by atoms with Gasteiger partial charge in [0.1, 0.15) is 0 Å². The van der Waals surface area contributed by atoms with Crippen LogP contribution in [0.4, 0.5) is 0 Å². The van der Waals surface area contributed by atoms with E-state index in [9.17, 15) is 5.11 Å². The maximum absolute atomic E-state index is 10.0. The zero-order valence-electron chi connectivity index (χ0n) is 10.2. The third-order valence-electron chi connectivity index (χ3n) is 4.31. The van der Waals surface area contributed by atoms with Crippen LogP contribution in [0, 0.1) is 0 Å². The van der Waals surface area contributed by atoms with Crippen molar-refractivity contribution in [1.82, 2.24) is 9.80 Å². The molecule has 1 saturated heterocycles. The van der Waals surface area contributed by atoms with Gasteiger partial charge in [0, 0.05) is 25.2 Å². The van der Waals surface area contributed by atoms with Crippen LogP contribution >= 0.6 is 0 Å². The number of aliphatic hydroxyl groups is 1.